The molecule has 0 amide bonds. The number of halogens is 2. The van der Waals surface area contributed by atoms with Crippen LogP contribution in [0.1, 0.15) is 0 Å². The van der Waals surface area contributed by atoms with Gasteiger partial charge in [0.15, 0.2) is 0 Å². The molecule has 0 atom stereocenters. The van der Waals surface area contributed by atoms with Gasteiger partial charge in [-0.25, -0.2) is 4.21 Å². The Balaban J connectivity index is 1.82. The van der Waals surface area contributed by atoms with Crippen LogP contribution in [0, 0.1) is 0 Å². The minimum atomic E-state index is -1.35. The van der Waals surface area contributed by atoms with E-state index in [1.165, 1.54) is 0 Å². The zero-order chi connectivity index (χ0) is 19.5. The molecule has 0 unspecified atom stereocenters. The molecule has 4 aromatic rings. The first-order chi connectivity index (χ1) is 13.6. The van der Waals surface area contributed by atoms with Gasteiger partial charge in [-0.15, -0.1) is 0 Å². The van der Waals surface area contributed by atoms with Gasteiger partial charge in [-0.3, -0.25) is 0 Å². The number of hydrogen-bond acceptors (Lipinski definition) is 1. The third-order valence-electron chi connectivity index (χ3n) is 4.48. The summed E-state index contributed by atoms with van der Waals surface area (Å²) in [6.45, 7) is 0. The molecular formula is C24H16Cl2OS. The Kier molecular flexibility index (Phi) is 5.63. The van der Waals surface area contributed by atoms with Crippen molar-refractivity contribution in [3.63, 3.8) is 0 Å². The smallest absolute Gasteiger partial charge is 0.0862 e. The molecule has 0 aliphatic rings. The van der Waals surface area contributed by atoms with Crippen molar-refractivity contribution in [3.8, 4) is 22.3 Å². The van der Waals surface area contributed by atoms with E-state index in [2.05, 4.69) is 0 Å². The summed E-state index contributed by atoms with van der Waals surface area (Å²) in [4.78, 5) is 1.54. The lowest BCUT2D eigenvalue weighted by Gasteiger charge is -2.13. The van der Waals surface area contributed by atoms with Crippen molar-refractivity contribution in [3.05, 3.63) is 107 Å². The molecule has 0 N–H and O–H groups in total. The molecule has 0 fully saturated rings. The molecule has 4 heteroatoms. The van der Waals surface area contributed by atoms with Gasteiger partial charge in [-0.2, -0.15) is 0 Å². The Bertz CT molecular complexity index is 1040. The van der Waals surface area contributed by atoms with E-state index >= 15 is 0 Å². The highest BCUT2D eigenvalue weighted by molar-refractivity contribution is 7.85. The van der Waals surface area contributed by atoms with Crippen LogP contribution in [0.15, 0.2) is 107 Å². The van der Waals surface area contributed by atoms with Crippen LogP contribution in [0.2, 0.25) is 10.0 Å². The molecule has 0 saturated heterocycles. The van der Waals surface area contributed by atoms with Gasteiger partial charge in [0.25, 0.3) is 0 Å². The first kappa shape index (κ1) is 18.9. The summed E-state index contributed by atoms with van der Waals surface area (Å²) >= 11 is 12.1. The summed E-state index contributed by atoms with van der Waals surface area (Å²) in [5.41, 5.74) is 3.83. The maximum atomic E-state index is 13.6. The van der Waals surface area contributed by atoms with E-state index in [0.717, 1.165) is 32.0 Å². The second-order valence-corrected chi connectivity index (χ2v) is 8.56. The first-order valence-electron chi connectivity index (χ1n) is 8.75. The summed E-state index contributed by atoms with van der Waals surface area (Å²) in [5, 5.41) is 1.35. The average Bonchev–Trinajstić information content (AvgIpc) is 2.74. The van der Waals surface area contributed by atoms with Crippen molar-refractivity contribution in [2.24, 2.45) is 0 Å². The van der Waals surface area contributed by atoms with Crippen molar-refractivity contribution >= 4 is 34.0 Å². The minimum absolute atomic E-state index is 0.676. The van der Waals surface area contributed by atoms with Crippen LogP contribution in [0.3, 0.4) is 0 Å². The van der Waals surface area contributed by atoms with Gasteiger partial charge in [0.1, 0.15) is 0 Å². The van der Waals surface area contributed by atoms with Gasteiger partial charge in [0.05, 0.1) is 20.6 Å². The van der Waals surface area contributed by atoms with Crippen LogP contribution in [-0.2, 0) is 10.8 Å². The largest absolute Gasteiger partial charge is 0.249 e. The van der Waals surface area contributed by atoms with Crippen LogP contribution in [0.5, 0.6) is 0 Å². The lowest BCUT2D eigenvalue weighted by Crippen LogP contribution is -1.98. The highest BCUT2D eigenvalue weighted by Crippen LogP contribution is 2.34. The third-order valence-corrected chi connectivity index (χ3v) is 6.50. The molecule has 4 aromatic carbocycles. The van der Waals surface area contributed by atoms with Crippen LogP contribution < -0.4 is 0 Å². The number of benzene rings is 4. The summed E-state index contributed by atoms with van der Waals surface area (Å²) in [5.74, 6) is 0. The lowest BCUT2D eigenvalue weighted by atomic mass is 10.1. The van der Waals surface area contributed by atoms with Crippen LogP contribution >= 0.6 is 23.2 Å². The topological polar surface area (TPSA) is 17.1 Å². The van der Waals surface area contributed by atoms with E-state index in [1.54, 1.807) is 0 Å². The monoisotopic (exact) mass is 422 g/mol. The van der Waals surface area contributed by atoms with E-state index in [0.29, 0.717) is 10.0 Å². The quantitative estimate of drug-likeness (QED) is 0.332. The fraction of sp³-hybridized carbons (Fsp3) is 0. The van der Waals surface area contributed by atoms with Crippen LogP contribution in [-0.4, -0.2) is 4.21 Å². The molecule has 4 rings (SSSR count). The van der Waals surface area contributed by atoms with Crippen molar-refractivity contribution in [2.75, 3.05) is 0 Å². The minimum Gasteiger partial charge on any atom is -0.249 e. The highest BCUT2D eigenvalue weighted by Gasteiger charge is 2.17. The number of rotatable bonds is 4. The molecule has 28 heavy (non-hydrogen) atoms. The van der Waals surface area contributed by atoms with Gasteiger partial charge in [-0.1, -0.05) is 83.9 Å². The van der Waals surface area contributed by atoms with E-state index in [4.69, 9.17) is 23.2 Å². The fourth-order valence-electron chi connectivity index (χ4n) is 3.11. The SMILES string of the molecule is O=S(c1ccccc1-c1ccc(Cl)cc1)c1ccccc1-c1ccc(Cl)cc1. The molecule has 0 saturated carbocycles. The second kappa shape index (κ2) is 8.32. The maximum absolute atomic E-state index is 13.6. The molecule has 0 aromatic heterocycles. The zero-order valence-electron chi connectivity index (χ0n) is 14.8. The Morgan fingerprint density at radius 2 is 0.857 bits per heavy atom. The standard InChI is InChI=1S/C24H16Cl2OS/c25-19-13-9-17(10-14-19)21-5-1-3-7-23(21)28(27)24-8-4-2-6-22(24)18-11-15-20(26)16-12-18/h1-16H. The normalized spacial score (nSPS) is 11.0. The zero-order valence-corrected chi connectivity index (χ0v) is 17.1. The predicted molar refractivity (Wildman–Crippen MR) is 118 cm³/mol. The number of hydrogen-bond donors (Lipinski definition) is 0. The van der Waals surface area contributed by atoms with E-state index < -0.39 is 10.8 Å². The van der Waals surface area contributed by atoms with Gasteiger partial charge >= 0.3 is 0 Å². The van der Waals surface area contributed by atoms with E-state index in [-0.39, 0.29) is 0 Å². The van der Waals surface area contributed by atoms with Gasteiger partial charge in [0, 0.05) is 10.0 Å². The third kappa shape index (κ3) is 3.90. The molecular weight excluding hydrogens is 407 g/mol. The van der Waals surface area contributed by atoms with Crippen LogP contribution in [0.25, 0.3) is 22.3 Å². The second-order valence-electron chi connectivity index (χ2n) is 6.27. The lowest BCUT2D eigenvalue weighted by molar-refractivity contribution is 0.683. The summed E-state index contributed by atoms with van der Waals surface area (Å²) in [6, 6.07) is 30.7. The molecule has 0 spiro atoms. The molecule has 138 valence electrons. The van der Waals surface area contributed by atoms with Crippen molar-refractivity contribution in [1.82, 2.24) is 0 Å². The molecule has 0 aliphatic heterocycles. The molecule has 0 radical (unpaired) electrons. The van der Waals surface area contributed by atoms with Crippen molar-refractivity contribution in [2.45, 2.75) is 9.79 Å². The van der Waals surface area contributed by atoms with E-state index in [9.17, 15) is 4.21 Å². The predicted octanol–water partition coefficient (Wildman–Crippen LogP) is 7.49. The Morgan fingerprint density at radius 1 is 0.500 bits per heavy atom. The van der Waals surface area contributed by atoms with Gasteiger partial charge in [0.2, 0.25) is 0 Å². The fourth-order valence-corrected chi connectivity index (χ4v) is 4.78. The molecule has 0 aliphatic carbocycles. The highest BCUT2D eigenvalue weighted by atomic mass is 35.5. The first-order valence-corrected chi connectivity index (χ1v) is 10.7. The Labute approximate surface area is 177 Å². The van der Waals surface area contributed by atoms with Crippen LogP contribution in [0.4, 0.5) is 0 Å². The summed E-state index contributed by atoms with van der Waals surface area (Å²) in [7, 11) is -1.35. The Morgan fingerprint density at radius 3 is 1.25 bits per heavy atom. The summed E-state index contributed by atoms with van der Waals surface area (Å²) in [6.07, 6.45) is 0. The van der Waals surface area contributed by atoms with Gasteiger partial charge < -0.3 is 0 Å². The molecule has 0 heterocycles. The average molecular weight is 423 g/mol. The summed E-state index contributed by atoms with van der Waals surface area (Å²) < 4.78 is 13.6. The maximum Gasteiger partial charge on any atom is 0.0862 e. The Hall–Kier alpha value is -2.39. The molecule has 0 bridgehead atoms. The van der Waals surface area contributed by atoms with Crippen molar-refractivity contribution in [1.29, 1.82) is 0 Å². The van der Waals surface area contributed by atoms with E-state index in [1.807, 2.05) is 97.1 Å². The van der Waals surface area contributed by atoms with Gasteiger partial charge in [-0.05, 0) is 58.7 Å². The van der Waals surface area contributed by atoms with Crippen molar-refractivity contribution < 1.29 is 4.21 Å². The molecule has 1 nitrogen and oxygen atoms in total.